The van der Waals surface area contributed by atoms with Gasteiger partial charge >= 0.3 is 0 Å². The smallest absolute Gasteiger partial charge is 0.223 e. The van der Waals surface area contributed by atoms with Crippen molar-refractivity contribution in [1.82, 2.24) is 10.2 Å². The van der Waals surface area contributed by atoms with Crippen LogP contribution in [0.3, 0.4) is 0 Å². The van der Waals surface area contributed by atoms with E-state index in [-0.39, 0.29) is 23.2 Å². The Hall–Kier alpha value is -2.43. The van der Waals surface area contributed by atoms with Gasteiger partial charge in [-0.2, -0.15) is 0 Å². The number of fused-ring (bicyclic) bond motifs is 1. The zero-order valence-electron chi connectivity index (χ0n) is 18.9. The molecule has 0 radical (unpaired) electrons. The van der Waals surface area contributed by atoms with Crippen LogP contribution >= 0.6 is 11.6 Å². The lowest BCUT2D eigenvalue weighted by molar-refractivity contribution is -0.133. The van der Waals surface area contributed by atoms with Gasteiger partial charge < -0.3 is 10.2 Å². The Kier molecular flexibility index (Phi) is 6.55. The molecule has 3 atom stereocenters. The van der Waals surface area contributed by atoms with Crippen LogP contribution in [0.5, 0.6) is 0 Å². The number of amides is 1. The van der Waals surface area contributed by atoms with Crippen molar-refractivity contribution in [3.8, 4) is 0 Å². The Balaban J connectivity index is 1.63. The minimum absolute atomic E-state index is 0.0833. The predicted molar refractivity (Wildman–Crippen MR) is 130 cm³/mol. The Morgan fingerprint density at radius 1 is 1.22 bits per heavy atom. The van der Waals surface area contributed by atoms with Crippen LogP contribution in [0.25, 0.3) is 10.8 Å². The highest BCUT2D eigenvalue weighted by molar-refractivity contribution is 6.31. The molecule has 5 heteroatoms. The highest BCUT2D eigenvalue weighted by Crippen LogP contribution is 2.40. The Labute approximate surface area is 194 Å². The largest absolute Gasteiger partial charge is 0.339 e. The molecule has 32 heavy (non-hydrogen) atoms. The highest BCUT2D eigenvalue weighted by atomic mass is 35.5. The molecule has 1 amide bonds. The summed E-state index contributed by atoms with van der Waals surface area (Å²) in [5.74, 6) is -0.171. The lowest BCUT2D eigenvalue weighted by atomic mass is 9.68. The molecule has 168 valence electrons. The molecule has 4 rings (SSSR count). The van der Waals surface area contributed by atoms with E-state index >= 15 is 0 Å². The molecule has 1 aliphatic rings. The molecular formula is C27H30ClFN2O. The topological polar surface area (TPSA) is 32.3 Å². The molecule has 0 spiro atoms. The first kappa shape index (κ1) is 22.8. The lowest BCUT2D eigenvalue weighted by Gasteiger charge is -2.42. The van der Waals surface area contributed by atoms with Crippen molar-refractivity contribution in [3.05, 3.63) is 82.6 Å². The molecule has 1 saturated heterocycles. The SMILES string of the molecule is CC1CC(CC(=O)N(C)C(C)c2cc(Cl)cc3ccccc23)(c2ccc(F)cc2)CCN1. The molecule has 3 nitrogen and oxygen atoms in total. The van der Waals surface area contributed by atoms with Crippen molar-refractivity contribution in [1.29, 1.82) is 0 Å². The summed E-state index contributed by atoms with van der Waals surface area (Å²) < 4.78 is 13.6. The van der Waals surface area contributed by atoms with Gasteiger partial charge in [-0.3, -0.25) is 4.79 Å². The van der Waals surface area contributed by atoms with Gasteiger partial charge in [0.1, 0.15) is 5.82 Å². The maximum absolute atomic E-state index is 13.6. The second-order valence-corrected chi connectivity index (χ2v) is 9.61. The minimum atomic E-state index is -0.306. The summed E-state index contributed by atoms with van der Waals surface area (Å²) in [4.78, 5) is 15.4. The van der Waals surface area contributed by atoms with Gasteiger partial charge in [0.15, 0.2) is 0 Å². The van der Waals surface area contributed by atoms with Crippen molar-refractivity contribution < 1.29 is 9.18 Å². The number of nitrogens with zero attached hydrogens (tertiary/aromatic N) is 1. The molecule has 1 heterocycles. The minimum Gasteiger partial charge on any atom is -0.339 e. The van der Waals surface area contributed by atoms with E-state index < -0.39 is 0 Å². The summed E-state index contributed by atoms with van der Waals surface area (Å²) in [6.07, 6.45) is 2.08. The van der Waals surface area contributed by atoms with Crippen molar-refractivity contribution in [2.75, 3.05) is 13.6 Å². The number of carbonyl (C=O) groups excluding carboxylic acids is 1. The van der Waals surface area contributed by atoms with Crippen molar-refractivity contribution in [3.63, 3.8) is 0 Å². The lowest BCUT2D eigenvalue weighted by Crippen LogP contribution is -2.47. The van der Waals surface area contributed by atoms with Gasteiger partial charge in [-0.15, -0.1) is 0 Å². The molecule has 0 aromatic heterocycles. The summed E-state index contributed by atoms with van der Waals surface area (Å²) in [5, 5.41) is 6.32. The average Bonchev–Trinajstić information content (AvgIpc) is 2.77. The Bertz CT molecular complexity index is 1120. The molecular weight excluding hydrogens is 423 g/mol. The first-order valence-corrected chi connectivity index (χ1v) is 11.6. The fourth-order valence-electron chi connectivity index (χ4n) is 5.13. The van der Waals surface area contributed by atoms with E-state index in [0.717, 1.165) is 41.3 Å². The third-order valence-electron chi connectivity index (χ3n) is 7.02. The maximum atomic E-state index is 13.6. The fraction of sp³-hybridized carbons (Fsp3) is 0.370. The fourth-order valence-corrected chi connectivity index (χ4v) is 5.37. The number of nitrogens with one attached hydrogen (secondary N) is 1. The van der Waals surface area contributed by atoms with E-state index in [2.05, 4.69) is 18.3 Å². The maximum Gasteiger partial charge on any atom is 0.223 e. The number of halogens is 2. The van der Waals surface area contributed by atoms with Crippen LogP contribution in [0, 0.1) is 5.82 Å². The highest BCUT2D eigenvalue weighted by Gasteiger charge is 2.39. The molecule has 3 aromatic carbocycles. The number of carbonyl (C=O) groups is 1. The monoisotopic (exact) mass is 452 g/mol. The normalized spacial score (nSPS) is 22.0. The molecule has 1 aliphatic heterocycles. The van der Waals surface area contributed by atoms with E-state index in [1.165, 1.54) is 12.1 Å². The van der Waals surface area contributed by atoms with E-state index in [1.807, 2.05) is 61.3 Å². The summed E-state index contributed by atoms with van der Waals surface area (Å²) in [7, 11) is 1.87. The van der Waals surface area contributed by atoms with Crippen LogP contribution in [0.2, 0.25) is 5.02 Å². The molecule has 0 bridgehead atoms. The second kappa shape index (κ2) is 9.21. The number of hydrogen-bond acceptors (Lipinski definition) is 2. The summed E-state index contributed by atoms with van der Waals surface area (Å²) in [6, 6.07) is 18.9. The molecule has 1 N–H and O–H groups in total. The van der Waals surface area contributed by atoms with Crippen molar-refractivity contribution >= 4 is 28.3 Å². The first-order valence-electron chi connectivity index (χ1n) is 11.2. The van der Waals surface area contributed by atoms with E-state index in [4.69, 9.17) is 11.6 Å². The van der Waals surface area contributed by atoms with Gasteiger partial charge in [0, 0.05) is 29.9 Å². The number of benzene rings is 3. The van der Waals surface area contributed by atoms with Crippen LogP contribution in [-0.2, 0) is 10.2 Å². The predicted octanol–water partition coefficient (Wildman–Crippen LogP) is 6.25. The van der Waals surface area contributed by atoms with Gasteiger partial charge in [-0.1, -0.05) is 48.0 Å². The summed E-state index contributed by atoms with van der Waals surface area (Å²) >= 11 is 6.40. The molecule has 3 aromatic rings. The van der Waals surface area contributed by atoms with Gasteiger partial charge in [0.2, 0.25) is 5.91 Å². The van der Waals surface area contributed by atoms with E-state index in [1.54, 1.807) is 0 Å². The van der Waals surface area contributed by atoms with E-state index in [0.29, 0.717) is 17.5 Å². The molecule has 1 fully saturated rings. The molecule has 0 aliphatic carbocycles. The molecule has 3 unspecified atom stereocenters. The van der Waals surface area contributed by atoms with Crippen LogP contribution in [0.15, 0.2) is 60.7 Å². The first-order chi connectivity index (χ1) is 15.3. The van der Waals surface area contributed by atoms with Gasteiger partial charge in [0.25, 0.3) is 0 Å². The van der Waals surface area contributed by atoms with Gasteiger partial charge in [-0.05, 0) is 79.4 Å². The standard InChI is InChI=1S/C27H30ClFN2O/c1-18-16-27(12-13-30-18,21-8-10-23(29)11-9-21)17-26(32)31(3)19(2)25-15-22(28)14-20-6-4-5-7-24(20)25/h4-11,14-15,18-19,30H,12-13,16-17H2,1-3H3. The van der Waals surface area contributed by atoms with Crippen LogP contribution < -0.4 is 5.32 Å². The zero-order valence-corrected chi connectivity index (χ0v) is 19.6. The van der Waals surface area contributed by atoms with E-state index in [9.17, 15) is 9.18 Å². The van der Waals surface area contributed by atoms with Crippen LogP contribution in [0.1, 0.15) is 50.3 Å². The third kappa shape index (κ3) is 4.53. The number of piperidine rings is 1. The second-order valence-electron chi connectivity index (χ2n) is 9.17. The number of rotatable bonds is 5. The number of hydrogen-bond donors (Lipinski definition) is 1. The molecule has 0 saturated carbocycles. The quantitative estimate of drug-likeness (QED) is 0.496. The van der Waals surface area contributed by atoms with Crippen molar-refractivity contribution in [2.24, 2.45) is 0 Å². The summed E-state index contributed by atoms with van der Waals surface area (Å²) in [6.45, 7) is 5.03. The third-order valence-corrected chi connectivity index (χ3v) is 7.24. The average molecular weight is 453 g/mol. The Morgan fingerprint density at radius 3 is 2.66 bits per heavy atom. The van der Waals surface area contributed by atoms with Crippen molar-refractivity contribution in [2.45, 2.75) is 50.6 Å². The van der Waals surface area contributed by atoms with Gasteiger partial charge in [0.05, 0.1) is 6.04 Å². The zero-order chi connectivity index (χ0) is 22.9. The summed E-state index contributed by atoms with van der Waals surface area (Å²) in [5.41, 5.74) is 1.77. The van der Waals surface area contributed by atoms with Crippen LogP contribution in [-0.4, -0.2) is 30.4 Å². The Morgan fingerprint density at radius 2 is 1.94 bits per heavy atom. The van der Waals surface area contributed by atoms with Crippen LogP contribution in [0.4, 0.5) is 4.39 Å². The van der Waals surface area contributed by atoms with Gasteiger partial charge in [-0.25, -0.2) is 4.39 Å².